The molecule has 0 amide bonds. The topological polar surface area (TPSA) is 24.0 Å². The van der Waals surface area contributed by atoms with Crippen molar-refractivity contribution in [1.82, 2.24) is 14.5 Å². The minimum absolute atomic E-state index is 0.179. The molecule has 0 saturated carbocycles. The van der Waals surface area contributed by atoms with E-state index in [4.69, 9.17) is 12.2 Å². The van der Waals surface area contributed by atoms with E-state index < -0.39 is 0 Å². The second-order valence-electron chi connectivity index (χ2n) is 6.24. The molecule has 0 bridgehead atoms. The molecule has 1 aliphatic rings. The number of likely N-dealkylation sites (tertiary alicyclic amines) is 1. The Bertz CT molecular complexity index is 695. The molecule has 3 nitrogen and oxygen atoms in total. The van der Waals surface area contributed by atoms with Gasteiger partial charge in [-0.3, -0.25) is 0 Å². The van der Waals surface area contributed by atoms with Crippen molar-refractivity contribution in [2.24, 2.45) is 5.92 Å². The fourth-order valence-corrected chi connectivity index (χ4v) is 3.47. The summed E-state index contributed by atoms with van der Waals surface area (Å²) < 4.78 is 16.5. The van der Waals surface area contributed by atoms with E-state index >= 15 is 0 Å². The van der Waals surface area contributed by atoms with E-state index in [9.17, 15) is 4.39 Å². The number of halogens is 1. The molecular weight excluding hydrogens is 285 g/mol. The first kappa shape index (κ1) is 14.7. The van der Waals surface area contributed by atoms with Crippen LogP contribution in [0.25, 0.3) is 11.0 Å². The van der Waals surface area contributed by atoms with Crippen molar-refractivity contribution in [3.05, 3.63) is 28.3 Å². The Kier molecular flexibility index (Phi) is 4.13. The van der Waals surface area contributed by atoms with Crippen molar-refractivity contribution in [2.75, 3.05) is 20.1 Å². The Balaban J connectivity index is 1.79. The van der Waals surface area contributed by atoms with Crippen LogP contribution < -0.4 is 0 Å². The lowest BCUT2D eigenvalue weighted by molar-refractivity contribution is 0.208. The number of nitrogens with one attached hydrogen (secondary N) is 1. The van der Waals surface area contributed by atoms with Crippen LogP contribution in [0.1, 0.15) is 24.8 Å². The van der Waals surface area contributed by atoms with Gasteiger partial charge in [-0.15, -0.1) is 0 Å². The monoisotopic (exact) mass is 307 g/mol. The van der Waals surface area contributed by atoms with Gasteiger partial charge in [-0.2, -0.15) is 0 Å². The minimum Gasteiger partial charge on any atom is -0.330 e. The van der Waals surface area contributed by atoms with E-state index in [0.717, 1.165) is 29.9 Å². The number of nitrogens with zero attached hydrogens (tertiary/aromatic N) is 2. The first-order valence-electron chi connectivity index (χ1n) is 7.62. The van der Waals surface area contributed by atoms with Crippen LogP contribution in [0, 0.1) is 23.4 Å². The lowest BCUT2D eigenvalue weighted by Gasteiger charge is -2.28. The van der Waals surface area contributed by atoms with Crippen molar-refractivity contribution >= 4 is 23.3 Å². The average Bonchev–Trinajstić information content (AvgIpc) is 2.74. The molecule has 114 valence electrons. The van der Waals surface area contributed by atoms with Gasteiger partial charge in [-0.1, -0.05) is 0 Å². The van der Waals surface area contributed by atoms with Crippen LogP contribution in [0.5, 0.6) is 0 Å². The number of fused-ring (bicyclic) bond motifs is 1. The molecule has 3 rings (SSSR count). The molecule has 1 N–H and O–H groups in total. The fourth-order valence-electron chi connectivity index (χ4n) is 3.17. The van der Waals surface area contributed by atoms with E-state index in [0.29, 0.717) is 10.3 Å². The van der Waals surface area contributed by atoms with Gasteiger partial charge in [0.05, 0.1) is 11.0 Å². The molecule has 1 fully saturated rings. The standard InChI is InChI=1S/C16H22FN3S/c1-11-9-15-14(10-13(11)17)18-16(21)20(15)8-5-12-3-6-19(2)7-4-12/h9-10,12H,3-8H2,1-2H3,(H,18,21). The normalized spacial score (nSPS) is 17.7. The van der Waals surface area contributed by atoms with Gasteiger partial charge in [0.25, 0.3) is 0 Å². The summed E-state index contributed by atoms with van der Waals surface area (Å²) in [6, 6.07) is 3.44. The van der Waals surface area contributed by atoms with Gasteiger partial charge in [-0.25, -0.2) is 4.39 Å². The maximum atomic E-state index is 13.6. The van der Waals surface area contributed by atoms with E-state index in [-0.39, 0.29) is 5.82 Å². The fraction of sp³-hybridized carbons (Fsp3) is 0.562. The van der Waals surface area contributed by atoms with E-state index in [1.54, 1.807) is 13.0 Å². The second kappa shape index (κ2) is 5.89. The van der Waals surface area contributed by atoms with Crippen LogP contribution >= 0.6 is 12.2 Å². The van der Waals surface area contributed by atoms with Crippen molar-refractivity contribution in [3.63, 3.8) is 0 Å². The number of benzene rings is 1. The van der Waals surface area contributed by atoms with Gasteiger partial charge in [-0.05, 0) is 82.2 Å². The number of hydrogen-bond donors (Lipinski definition) is 1. The van der Waals surface area contributed by atoms with Gasteiger partial charge in [0.2, 0.25) is 0 Å². The molecule has 5 heteroatoms. The number of aromatic amines is 1. The lowest BCUT2D eigenvalue weighted by atomic mass is 9.94. The smallest absolute Gasteiger partial charge is 0.178 e. The Morgan fingerprint density at radius 1 is 1.33 bits per heavy atom. The van der Waals surface area contributed by atoms with E-state index in [2.05, 4.69) is 21.5 Å². The average molecular weight is 307 g/mol. The van der Waals surface area contributed by atoms with Crippen molar-refractivity contribution in [1.29, 1.82) is 0 Å². The highest BCUT2D eigenvalue weighted by Gasteiger charge is 2.17. The molecule has 0 unspecified atom stereocenters. The second-order valence-corrected chi connectivity index (χ2v) is 6.62. The van der Waals surface area contributed by atoms with Gasteiger partial charge in [0.1, 0.15) is 5.82 Å². The number of aromatic nitrogens is 2. The largest absolute Gasteiger partial charge is 0.330 e. The number of aryl methyl sites for hydroxylation is 2. The summed E-state index contributed by atoms with van der Waals surface area (Å²) in [4.78, 5) is 5.51. The summed E-state index contributed by atoms with van der Waals surface area (Å²) in [7, 11) is 2.18. The number of H-pyrrole nitrogens is 1. The Morgan fingerprint density at radius 2 is 2.05 bits per heavy atom. The Morgan fingerprint density at radius 3 is 2.76 bits per heavy atom. The molecule has 0 radical (unpaired) electrons. The third kappa shape index (κ3) is 3.04. The predicted octanol–water partition coefficient (Wildman–Crippen LogP) is 3.88. The van der Waals surface area contributed by atoms with Crippen molar-refractivity contribution in [3.8, 4) is 0 Å². The molecule has 2 heterocycles. The van der Waals surface area contributed by atoms with Crippen molar-refractivity contribution < 1.29 is 4.39 Å². The summed E-state index contributed by atoms with van der Waals surface area (Å²) in [6.07, 6.45) is 3.67. The summed E-state index contributed by atoms with van der Waals surface area (Å²) in [5.41, 5.74) is 2.49. The molecule has 1 aromatic heterocycles. The van der Waals surface area contributed by atoms with Gasteiger partial charge < -0.3 is 14.5 Å². The molecule has 1 aromatic carbocycles. The van der Waals surface area contributed by atoms with Crippen LogP contribution in [0.15, 0.2) is 12.1 Å². The van der Waals surface area contributed by atoms with Crippen LogP contribution in [0.4, 0.5) is 4.39 Å². The minimum atomic E-state index is -0.179. The highest BCUT2D eigenvalue weighted by atomic mass is 32.1. The summed E-state index contributed by atoms with van der Waals surface area (Å²) >= 11 is 5.40. The van der Waals surface area contributed by atoms with Crippen LogP contribution in [-0.4, -0.2) is 34.6 Å². The number of piperidine rings is 1. The molecule has 0 spiro atoms. The maximum Gasteiger partial charge on any atom is 0.178 e. The third-order valence-corrected chi connectivity index (χ3v) is 4.98. The molecule has 1 saturated heterocycles. The molecule has 21 heavy (non-hydrogen) atoms. The highest BCUT2D eigenvalue weighted by molar-refractivity contribution is 7.71. The zero-order chi connectivity index (χ0) is 15.0. The molecule has 1 aliphatic heterocycles. The summed E-state index contributed by atoms with van der Waals surface area (Å²) in [5.74, 6) is 0.593. The van der Waals surface area contributed by atoms with Gasteiger partial charge in [0.15, 0.2) is 4.77 Å². The maximum absolute atomic E-state index is 13.6. The van der Waals surface area contributed by atoms with Crippen molar-refractivity contribution in [2.45, 2.75) is 32.7 Å². The summed E-state index contributed by atoms with van der Waals surface area (Å²) in [5, 5.41) is 0. The van der Waals surface area contributed by atoms with Gasteiger partial charge >= 0.3 is 0 Å². The van der Waals surface area contributed by atoms with Crippen LogP contribution in [0.2, 0.25) is 0 Å². The molecular formula is C16H22FN3S. The number of imidazole rings is 1. The quantitative estimate of drug-likeness (QED) is 0.870. The first-order chi connectivity index (χ1) is 10.0. The van der Waals surface area contributed by atoms with Crippen LogP contribution in [0.3, 0.4) is 0 Å². The highest BCUT2D eigenvalue weighted by Crippen LogP contribution is 2.23. The zero-order valence-electron chi connectivity index (χ0n) is 12.7. The number of hydrogen-bond acceptors (Lipinski definition) is 2. The lowest BCUT2D eigenvalue weighted by Crippen LogP contribution is -2.30. The molecule has 0 atom stereocenters. The molecule has 2 aromatic rings. The summed E-state index contributed by atoms with van der Waals surface area (Å²) in [6.45, 7) is 5.09. The van der Waals surface area contributed by atoms with Crippen LogP contribution in [-0.2, 0) is 6.54 Å². The zero-order valence-corrected chi connectivity index (χ0v) is 13.5. The van der Waals surface area contributed by atoms with Gasteiger partial charge in [0, 0.05) is 6.54 Å². The first-order valence-corrected chi connectivity index (χ1v) is 8.02. The van der Waals surface area contributed by atoms with E-state index in [1.807, 2.05) is 6.07 Å². The Labute approximate surface area is 129 Å². The SMILES string of the molecule is Cc1cc2c(cc1F)[nH]c(=S)n2CCC1CCN(C)CC1. The molecule has 0 aliphatic carbocycles. The third-order valence-electron chi connectivity index (χ3n) is 4.65. The predicted molar refractivity (Wildman–Crippen MR) is 86.7 cm³/mol. The van der Waals surface area contributed by atoms with E-state index in [1.165, 1.54) is 25.9 Å². The number of rotatable bonds is 3. The Hall–Kier alpha value is -1.20.